The summed E-state index contributed by atoms with van der Waals surface area (Å²) in [5.41, 5.74) is 4.53. The number of fused-ring (bicyclic) bond motifs is 1. The highest BCUT2D eigenvalue weighted by Gasteiger charge is 2.13. The van der Waals surface area contributed by atoms with E-state index in [-0.39, 0.29) is 6.04 Å². The lowest BCUT2D eigenvalue weighted by Gasteiger charge is -2.15. The normalized spacial score (nSPS) is 15.1. The SMILES string of the molecule is CC(Nc1ccc(-c2cn3c(n2)CCCC3)cc1)c1ccnn1C. The van der Waals surface area contributed by atoms with Crippen molar-refractivity contribution in [2.75, 3.05) is 5.32 Å². The number of anilines is 1. The van der Waals surface area contributed by atoms with Crippen LogP contribution in [0.5, 0.6) is 0 Å². The molecular formula is C19H23N5. The van der Waals surface area contributed by atoms with Gasteiger partial charge in [0.15, 0.2) is 0 Å². The van der Waals surface area contributed by atoms with Crippen LogP contribution in [-0.4, -0.2) is 19.3 Å². The standard InChI is InChI=1S/C19H23N5/c1-14(18-10-11-20-23(18)2)21-16-8-6-15(7-9-16)17-13-24-12-4-3-5-19(24)22-17/h6-11,13-14,21H,3-5,12H2,1-2H3. The first-order chi connectivity index (χ1) is 11.7. The summed E-state index contributed by atoms with van der Waals surface area (Å²) in [5, 5.41) is 7.76. The van der Waals surface area contributed by atoms with E-state index in [1.165, 1.54) is 29.9 Å². The highest BCUT2D eigenvalue weighted by molar-refractivity contribution is 5.62. The van der Waals surface area contributed by atoms with Gasteiger partial charge in [0.1, 0.15) is 5.82 Å². The lowest BCUT2D eigenvalue weighted by molar-refractivity contribution is 0.522. The van der Waals surface area contributed by atoms with Crippen molar-refractivity contribution in [2.24, 2.45) is 7.05 Å². The van der Waals surface area contributed by atoms with Gasteiger partial charge < -0.3 is 9.88 Å². The monoisotopic (exact) mass is 321 g/mol. The first-order valence-corrected chi connectivity index (χ1v) is 8.61. The van der Waals surface area contributed by atoms with Gasteiger partial charge in [-0.3, -0.25) is 4.68 Å². The molecule has 1 aliphatic rings. The molecule has 1 N–H and O–H groups in total. The van der Waals surface area contributed by atoms with Gasteiger partial charge in [0, 0.05) is 43.7 Å². The lowest BCUT2D eigenvalue weighted by atomic mass is 10.1. The Hall–Kier alpha value is -2.56. The summed E-state index contributed by atoms with van der Waals surface area (Å²) in [5.74, 6) is 1.23. The fourth-order valence-corrected chi connectivity index (χ4v) is 3.42. The number of benzene rings is 1. The van der Waals surface area contributed by atoms with Gasteiger partial charge in [-0.15, -0.1) is 0 Å². The fourth-order valence-electron chi connectivity index (χ4n) is 3.42. The van der Waals surface area contributed by atoms with Crippen LogP contribution in [0.25, 0.3) is 11.3 Å². The number of aryl methyl sites for hydroxylation is 3. The Morgan fingerprint density at radius 2 is 1.96 bits per heavy atom. The number of rotatable bonds is 4. The third-order valence-electron chi connectivity index (χ3n) is 4.77. The molecule has 24 heavy (non-hydrogen) atoms. The molecule has 0 saturated carbocycles. The van der Waals surface area contributed by atoms with Gasteiger partial charge in [0.05, 0.1) is 17.4 Å². The second-order valence-electron chi connectivity index (χ2n) is 6.52. The second kappa shape index (κ2) is 6.15. The van der Waals surface area contributed by atoms with E-state index >= 15 is 0 Å². The van der Waals surface area contributed by atoms with Crippen LogP contribution in [0.15, 0.2) is 42.7 Å². The number of hydrogen-bond acceptors (Lipinski definition) is 3. The van der Waals surface area contributed by atoms with Crippen LogP contribution in [0.4, 0.5) is 5.69 Å². The molecule has 4 rings (SSSR count). The molecule has 5 nitrogen and oxygen atoms in total. The molecule has 2 aromatic heterocycles. The van der Waals surface area contributed by atoms with Crippen molar-refractivity contribution in [2.45, 2.75) is 38.8 Å². The van der Waals surface area contributed by atoms with Crippen molar-refractivity contribution < 1.29 is 0 Å². The second-order valence-corrected chi connectivity index (χ2v) is 6.52. The summed E-state index contributed by atoms with van der Waals surface area (Å²) in [6.45, 7) is 3.25. The minimum absolute atomic E-state index is 0.211. The third kappa shape index (κ3) is 2.82. The summed E-state index contributed by atoms with van der Waals surface area (Å²) in [4.78, 5) is 4.79. The van der Waals surface area contributed by atoms with Gasteiger partial charge in [-0.25, -0.2) is 4.98 Å². The maximum atomic E-state index is 4.79. The van der Waals surface area contributed by atoms with E-state index in [0.29, 0.717) is 0 Å². The highest BCUT2D eigenvalue weighted by Crippen LogP contribution is 2.25. The Morgan fingerprint density at radius 3 is 2.67 bits per heavy atom. The lowest BCUT2D eigenvalue weighted by Crippen LogP contribution is -2.11. The first-order valence-electron chi connectivity index (χ1n) is 8.61. The third-order valence-corrected chi connectivity index (χ3v) is 4.77. The topological polar surface area (TPSA) is 47.7 Å². The van der Waals surface area contributed by atoms with Crippen molar-refractivity contribution in [1.29, 1.82) is 0 Å². The Labute approximate surface area is 142 Å². The number of imidazole rings is 1. The fraction of sp³-hybridized carbons (Fsp3) is 0.368. The number of nitrogens with zero attached hydrogens (tertiary/aromatic N) is 4. The summed E-state index contributed by atoms with van der Waals surface area (Å²) in [6, 6.07) is 10.8. The van der Waals surface area contributed by atoms with E-state index in [4.69, 9.17) is 4.98 Å². The molecule has 1 aliphatic heterocycles. The average Bonchev–Trinajstić information content (AvgIpc) is 3.21. The Kier molecular flexibility index (Phi) is 3.84. The average molecular weight is 321 g/mol. The van der Waals surface area contributed by atoms with Crippen LogP contribution >= 0.6 is 0 Å². The molecule has 0 saturated heterocycles. The zero-order valence-electron chi connectivity index (χ0n) is 14.2. The van der Waals surface area contributed by atoms with E-state index < -0.39 is 0 Å². The minimum Gasteiger partial charge on any atom is -0.377 e. The van der Waals surface area contributed by atoms with E-state index in [9.17, 15) is 0 Å². The molecule has 1 aromatic carbocycles. The summed E-state index contributed by atoms with van der Waals surface area (Å²) in [6.07, 6.45) is 7.64. The van der Waals surface area contributed by atoms with E-state index in [1.807, 2.05) is 24.0 Å². The summed E-state index contributed by atoms with van der Waals surface area (Å²) < 4.78 is 4.21. The molecule has 0 spiro atoms. The van der Waals surface area contributed by atoms with Gasteiger partial charge in [-0.1, -0.05) is 12.1 Å². The number of hydrogen-bond donors (Lipinski definition) is 1. The van der Waals surface area contributed by atoms with Gasteiger partial charge in [0.25, 0.3) is 0 Å². The van der Waals surface area contributed by atoms with Gasteiger partial charge in [-0.05, 0) is 38.0 Å². The molecule has 3 aromatic rings. The van der Waals surface area contributed by atoms with Crippen LogP contribution in [0.1, 0.15) is 37.3 Å². The Morgan fingerprint density at radius 1 is 1.12 bits per heavy atom. The largest absolute Gasteiger partial charge is 0.377 e. The van der Waals surface area contributed by atoms with Crippen molar-refractivity contribution in [3.8, 4) is 11.3 Å². The zero-order valence-corrected chi connectivity index (χ0v) is 14.2. The molecule has 124 valence electrons. The minimum atomic E-state index is 0.211. The maximum absolute atomic E-state index is 4.79. The van der Waals surface area contributed by atoms with E-state index in [0.717, 1.165) is 24.3 Å². The van der Waals surface area contributed by atoms with Gasteiger partial charge in [0.2, 0.25) is 0 Å². The molecule has 1 atom stereocenters. The van der Waals surface area contributed by atoms with Crippen LogP contribution < -0.4 is 5.32 Å². The van der Waals surface area contributed by atoms with Crippen LogP contribution in [0, 0.1) is 0 Å². The molecule has 3 heterocycles. The van der Waals surface area contributed by atoms with E-state index in [2.05, 4.69) is 52.4 Å². The van der Waals surface area contributed by atoms with Crippen LogP contribution in [0.2, 0.25) is 0 Å². The smallest absolute Gasteiger partial charge is 0.109 e. The van der Waals surface area contributed by atoms with Crippen molar-refractivity contribution in [1.82, 2.24) is 19.3 Å². The van der Waals surface area contributed by atoms with Crippen molar-refractivity contribution >= 4 is 5.69 Å². The molecular weight excluding hydrogens is 298 g/mol. The number of aromatic nitrogens is 4. The maximum Gasteiger partial charge on any atom is 0.109 e. The van der Waals surface area contributed by atoms with E-state index in [1.54, 1.807) is 0 Å². The summed E-state index contributed by atoms with van der Waals surface area (Å²) >= 11 is 0. The number of nitrogens with one attached hydrogen (secondary N) is 1. The van der Waals surface area contributed by atoms with Gasteiger partial charge >= 0.3 is 0 Å². The molecule has 5 heteroatoms. The van der Waals surface area contributed by atoms with Crippen LogP contribution in [-0.2, 0) is 20.0 Å². The zero-order chi connectivity index (χ0) is 16.5. The van der Waals surface area contributed by atoms with Crippen molar-refractivity contribution in [3.63, 3.8) is 0 Å². The Bertz CT molecular complexity index is 804. The predicted octanol–water partition coefficient (Wildman–Crippen LogP) is 3.79. The molecule has 0 fully saturated rings. The quantitative estimate of drug-likeness (QED) is 0.795. The molecule has 0 bridgehead atoms. The Balaban J connectivity index is 1.50. The van der Waals surface area contributed by atoms with Crippen molar-refractivity contribution in [3.05, 3.63) is 54.2 Å². The first kappa shape index (κ1) is 15.0. The molecule has 0 radical (unpaired) electrons. The molecule has 0 aliphatic carbocycles. The molecule has 0 amide bonds. The summed E-state index contributed by atoms with van der Waals surface area (Å²) in [7, 11) is 1.97. The van der Waals surface area contributed by atoms with Gasteiger partial charge in [-0.2, -0.15) is 5.10 Å². The molecule has 1 unspecified atom stereocenters. The van der Waals surface area contributed by atoms with Crippen LogP contribution in [0.3, 0.4) is 0 Å². The predicted molar refractivity (Wildman–Crippen MR) is 95.8 cm³/mol. The highest BCUT2D eigenvalue weighted by atomic mass is 15.3.